The fraction of sp³-hybridized carbons (Fsp3) is 0.333. The van der Waals surface area contributed by atoms with E-state index in [1.807, 2.05) is 26.1 Å². The molecule has 0 fully saturated rings. The van der Waals surface area contributed by atoms with Gasteiger partial charge in [-0.05, 0) is 25.0 Å². The topological polar surface area (TPSA) is 52.5 Å². The first-order chi connectivity index (χ1) is 6.15. The van der Waals surface area contributed by atoms with Crippen molar-refractivity contribution in [2.45, 2.75) is 13.0 Å². The van der Waals surface area contributed by atoms with Crippen molar-refractivity contribution in [3.63, 3.8) is 0 Å². The minimum atomic E-state index is -1.39. The average Bonchev–Trinajstić information content (AvgIpc) is 2.17. The summed E-state index contributed by atoms with van der Waals surface area (Å²) in [7, 11) is 0.483. The second-order valence-corrected chi connectivity index (χ2v) is 3.05. The molecule has 0 radical (unpaired) electrons. The van der Waals surface area contributed by atoms with Crippen LogP contribution in [0.4, 0.5) is 0 Å². The van der Waals surface area contributed by atoms with Crippen LogP contribution in [0.25, 0.3) is 0 Å². The molecular weight excluding hydrogens is 165 g/mol. The summed E-state index contributed by atoms with van der Waals surface area (Å²) >= 11 is 0. The monoisotopic (exact) mass is 179 g/mol. The summed E-state index contributed by atoms with van der Waals surface area (Å²) in [5.74, 6) is 0. The van der Waals surface area contributed by atoms with E-state index in [1.54, 1.807) is 12.1 Å². The Hall–Kier alpha value is -0.835. The SMILES string of the molecule is CNC(C)c1cccc(B(O)O)c1. The Labute approximate surface area is 78.6 Å². The van der Waals surface area contributed by atoms with Crippen LogP contribution in [0.1, 0.15) is 18.5 Å². The lowest BCUT2D eigenvalue weighted by atomic mass is 9.79. The predicted octanol–water partition coefficient (Wildman–Crippen LogP) is -0.353. The normalized spacial score (nSPS) is 12.6. The molecule has 1 aromatic carbocycles. The van der Waals surface area contributed by atoms with E-state index in [9.17, 15) is 0 Å². The van der Waals surface area contributed by atoms with E-state index in [2.05, 4.69) is 5.32 Å². The van der Waals surface area contributed by atoms with Crippen LogP contribution < -0.4 is 10.8 Å². The Morgan fingerprint density at radius 1 is 1.38 bits per heavy atom. The third kappa shape index (κ3) is 2.55. The van der Waals surface area contributed by atoms with E-state index >= 15 is 0 Å². The van der Waals surface area contributed by atoms with Gasteiger partial charge in [0.05, 0.1) is 0 Å². The number of hydrogen-bond donors (Lipinski definition) is 3. The molecule has 0 saturated carbocycles. The molecule has 3 nitrogen and oxygen atoms in total. The molecule has 1 aromatic rings. The highest BCUT2D eigenvalue weighted by atomic mass is 16.4. The van der Waals surface area contributed by atoms with Gasteiger partial charge in [0.2, 0.25) is 0 Å². The zero-order valence-electron chi connectivity index (χ0n) is 7.86. The zero-order chi connectivity index (χ0) is 9.84. The zero-order valence-corrected chi connectivity index (χ0v) is 7.86. The highest BCUT2D eigenvalue weighted by Crippen LogP contribution is 2.08. The van der Waals surface area contributed by atoms with Crippen molar-refractivity contribution in [3.05, 3.63) is 29.8 Å². The first kappa shape index (κ1) is 10.2. The quantitative estimate of drug-likeness (QED) is 0.555. The molecule has 0 aromatic heterocycles. The van der Waals surface area contributed by atoms with Gasteiger partial charge in [-0.1, -0.05) is 24.3 Å². The van der Waals surface area contributed by atoms with Gasteiger partial charge in [0.1, 0.15) is 0 Å². The second kappa shape index (κ2) is 4.41. The van der Waals surface area contributed by atoms with Crippen LogP contribution in [0.3, 0.4) is 0 Å². The minimum Gasteiger partial charge on any atom is -0.423 e. The van der Waals surface area contributed by atoms with Crippen LogP contribution in [0.5, 0.6) is 0 Å². The van der Waals surface area contributed by atoms with E-state index in [-0.39, 0.29) is 6.04 Å². The number of nitrogens with one attached hydrogen (secondary N) is 1. The molecule has 0 heterocycles. The standard InChI is InChI=1S/C9H14BNO2/c1-7(11-2)8-4-3-5-9(6-8)10(12)13/h3-7,11-13H,1-2H3. The molecule has 13 heavy (non-hydrogen) atoms. The lowest BCUT2D eigenvalue weighted by molar-refractivity contribution is 0.425. The van der Waals surface area contributed by atoms with Crippen LogP contribution in [0.15, 0.2) is 24.3 Å². The predicted molar refractivity (Wildman–Crippen MR) is 53.7 cm³/mol. The molecule has 0 spiro atoms. The molecule has 1 rings (SSSR count). The van der Waals surface area contributed by atoms with Crippen LogP contribution in [-0.4, -0.2) is 24.2 Å². The molecule has 0 saturated heterocycles. The van der Waals surface area contributed by atoms with E-state index < -0.39 is 7.12 Å². The second-order valence-electron chi connectivity index (χ2n) is 3.05. The van der Waals surface area contributed by atoms with Crippen molar-refractivity contribution >= 4 is 12.6 Å². The van der Waals surface area contributed by atoms with Crippen LogP contribution in [-0.2, 0) is 0 Å². The number of rotatable bonds is 3. The van der Waals surface area contributed by atoms with Gasteiger partial charge >= 0.3 is 7.12 Å². The van der Waals surface area contributed by atoms with Crippen molar-refractivity contribution in [2.24, 2.45) is 0 Å². The molecule has 0 amide bonds. The third-order valence-electron chi connectivity index (χ3n) is 2.14. The molecule has 0 aliphatic carbocycles. The fourth-order valence-corrected chi connectivity index (χ4v) is 1.16. The van der Waals surface area contributed by atoms with Gasteiger partial charge in [-0.15, -0.1) is 0 Å². The summed E-state index contributed by atoms with van der Waals surface area (Å²) in [6.07, 6.45) is 0. The van der Waals surface area contributed by atoms with Crippen molar-refractivity contribution in [3.8, 4) is 0 Å². The highest BCUT2D eigenvalue weighted by Gasteiger charge is 2.11. The smallest absolute Gasteiger partial charge is 0.423 e. The number of hydrogen-bond acceptors (Lipinski definition) is 3. The Morgan fingerprint density at radius 3 is 2.62 bits per heavy atom. The van der Waals surface area contributed by atoms with E-state index in [4.69, 9.17) is 10.0 Å². The van der Waals surface area contributed by atoms with Gasteiger partial charge in [-0.2, -0.15) is 0 Å². The molecule has 3 N–H and O–H groups in total. The summed E-state index contributed by atoms with van der Waals surface area (Å²) in [6, 6.07) is 7.46. The summed E-state index contributed by atoms with van der Waals surface area (Å²) in [5, 5.41) is 21.0. The largest absolute Gasteiger partial charge is 0.488 e. The maximum Gasteiger partial charge on any atom is 0.488 e. The van der Waals surface area contributed by atoms with Gasteiger partial charge in [0.15, 0.2) is 0 Å². The van der Waals surface area contributed by atoms with E-state index in [1.165, 1.54) is 0 Å². The van der Waals surface area contributed by atoms with Gasteiger partial charge in [-0.3, -0.25) is 0 Å². The maximum atomic E-state index is 8.94. The molecule has 1 unspecified atom stereocenters. The lowest BCUT2D eigenvalue weighted by Gasteiger charge is -2.11. The van der Waals surface area contributed by atoms with Crippen molar-refractivity contribution < 1.29 is 10.0 Å². The summed E-state index contributed by atoms with van der Waals surface area (Å²) in [6.45, 7) is 2.02. The van der Waals surface area contributed by atoms with Crippen LogP contribution in [0, 0.1) is 0 Å². The summed E-state index contributed by atoms with van der Waals surface area (Å²) in [5.41, 5.74) is 1.58. The van der Waals surface area contributed by atoms with Crippen molar-refractivity contribution in [1.29, 1.82) is 0 Å². The average molecular weight is 179 g/mol. The summed E-state index contributed by atoms with van der Waals surface area (Å²) in [4.78, 5) is 0. The first-order valence-corrected chi connectivity index (χ1v) is 4.28. The molecule has 0 aliphatic heterocycles. The highest BCUT2D eigenvalue weighted by molar-refractivity contribution is 6.58. The molecule has 0 aliphatic rings. The van der Waals surface area contributed by atoms with Crippen LogP contribution in [0.2, 0.25) is 0 Å². The first-order valence-electron chi connectivity index (χ1n) is 4.28. The number of benzene rings is 1. The van der Waals surface area contributed by atoms with Crippen molar-refractivity contribution in [1.82, 2.24) is 5.32 Å². The molecule has 0 bridgehead atoms. The van der Waals surface area contributed by atoms with Crippen molar-refractivity contribution in [2.75, 3.05) is 7.05 Å². The lowest BCUT2D eigenvalue weighted by Crippen LogP contribution is -2.30. The fourth-order valence-electron chi connectivity index (χ4n) is 1.16. The Morgan fingerprint density at radius 2 is 2.08 bits per heavy atom. The van der Waals surface area contributed by atoms with Gasteiger partial charge in [0.25, 0.3) is 0 Å². The molecule has 1 atom stereocenters. The Kier molecular flexibility index (Phi) is 3.48. The summed E-state index contributed by atoms with van der Waals surface area (Å²) < 4.78 is 0. The molecular formula is C9H14BNO2. The van der Waals surface area contributed by atoms with Crippen LogP contribution >= 0.6 is 0 Å². The Bertz CT molecular complexity index is 278. The Balaban J connectivity index is 2.91. The van der Waals surface area contributed by atoms with Gasteiger partial charge in [0, 0.05) is 6.04 Å². The van der Waals surface area contributed by atoms with Gasteiger partial charge in [-0.25, -0.2) is 0 Å². The van der Waals surface area contributed by atoms with E-state index in [0.717, 1.165) is 5.56 Å². The third-order valence-corrected chi connectivity index (χ3v) is 2.14. The van der Waals surface area contributed by atoms with E-state index in [0.29, 0.717) is 5.46 Å². The molecule has 70 valence electrons. The van der Waals surface area contributed by atoms with Gasteiger partial charge < -0.3 is 15.4 Å². The maximum absolute atomic E-state index is 8.94. The molecule has 4 heteroatoms. The minimum absolute atomic E-state index is 0.221.